The Morgan fingerprint density at radius 1 is 1.47 bits per heavy atom. The average Bonchev–Trinajstić information content (AvgIpc) is 2.29. The van der Waals surface area contributed by atoms with Gasteiger partial charge in [0.1, 0.15) is 11.6 Å². The largest absolute Gasteiger partial charge is 0.368 e. The zero-order valence-corrected chi connectivity index (χ0v) is 10.2. The maximum atomic E-state index is 10.9. The third kappa shape index (κ3) is 2.69. The molecule has 0 aromatic carbocycles. The summed E-state index contributed by atoms with van der Waals surface area (Å²) in [5.74, 6) is -0.0485. The second-order valence-electron chi connectivity index (χ2n) is 3.70. The monoisotopic (exact) mass is 233 g/mol. The summed E-state index contributed by atoms with van der Waals surface area (Å²) >= 11 is 0. The van der Waals surface area contributed by atoms with E-state index in [2.05, 4.69) is 16.3 Å². The number of aromatic nitrogens is 2. The van der Waals surface area contributed by atoms with Gasteiger partial charge in [0.15, 0.2) is 5.82 Å². The predicted molar refractivity (Wildman–Crippen MR) is 63.3 cm³/mol. The molecule has 0 aliphatic carbocycles. The van der Waals surface area contributed by atoms with Crippen LogP contribution >= 0.6 is 0 Å². The Hall–Kier alpha value is -2.16. The zero-order chi connectivity index (χ0) is 13.0. The lowest BCUT2D eigenvalue weighted by molar-refractivity contribution is -0.116. The van der Waals surface area contributed by atoms with Gasteiger partial charge >= 0.3 is 0 Å². The van der Waals surface area contributed by atoms with Crippen molar-refractivity contribution in [1.29, 1.82) is 5.26 Å². The molecule has 0 spiro atoms. The normalized spacial score (nSPS) is 9.76. The molecule has 0 saturated carbocycles. The Kier molecular flexibility index (Phi) is 3.99. The van der Waals surface area contributed by atoms with E-state index in [1.165, 1.54) is 0 Å². The van der Waals surface area contributed by atoms with Gasteiger partial charge in [0.2, 0.25) is 5.91 Å². The molecule has 1 rings (SSSR count). The van der Waals surface area contributed by atoms with Crippen molar-refractivity contribution in [3.8, 4) is 6.07 Å². The number of anilines is 1. The first kappa shape index (κ1) is 12.9. The van der Waals surface area contributed by atoms with Crippen molar-refractivity contribution in [3.63, 3.8) is 0 Å². The lowest BCUT2D eigenvalue weighted by Crippen LogP contribution is -2.35. The first-order valence-electron chi connectivity index (χ1n) is 5.28. The first-order chi connectivity index (χ1) is 8.01. The molecule has 6 heteroatoms. The number of carbonyl (C=O) groups excluding carboxylic acids is 1. The number of nitrogens with zero attached hydrogens (tertiary/aromatic N) is 4. The van der Waals surface area contributed by atoms with Gasteiger partial charge in [-0.05, 0) is 26.3 Å². The highest BCUT2D eigenvalue weighted by atomic mass is 16.1. The van der Waals surface area contributed by atoms with Gasteiger partial charge in [0, 0.05) is 6.54 Å². The second-order valence-corrected chi connectivity index (χ2v) is 3.70. The van der Waals surface area contributed by atoms with E-state index in [1.54, 1.807) is 11.8 Å². The van der Waals surface area contributed by atoms with Gasteiger partial charge < -0.3 is 10.6 Å². The highest BCUT2D eigenvalue weighted by Gasteiger charge is 2.17. The van der Waals surface area contributed by atoms with Crippen molar-refractivity contribution in [2.24, 2.45) is 5.73 Å². The second kappa shape index (κ2) is 5.25. The van der Waals surface area contributed by atoms with Crippen LogP contribution in [0.25, 0.3) is 0 Å². The molecule has 90 valence electrons. The van der Waals surface area contributed by atoms with Crippen molar-refractivity contribution in [1.82, 2.24) is 10.2 Å². The van der Waals surface area contributed by atoms with Crippen LogP contribution in [0.3, 0.4) is 0 Å². The summed E-state index contributed by atoms with van der Waals surface area (Å²) in [5, 5.41) is 17.1. The maximum absolute atomic E-state index is 10.9. The van der Waals surface area contributed by atoms with Crippen LogP contribution in [0.1, 0.15) is 23.7 Å². The molecule has 0 fully saturated rings. The van der Waals surface area contributed by atoms with Crippen LogP contribution in [-0.4, -0.2) is 29.2 Å². The van der Waals surface area contributed by atoms with Crippen molar-refractivity contribution in [3.05, 3.63) is 16.8 Å². The van der Waals surface area contributed by atoms with Crippen LogP contribution in [0, 0.1) is 25.2 Å². The predicted octanol–water partition coefficient (Wildman–Crippen LogP) is 0.277. The van der Waals surface area contributed by atoms with Crippen molar-refractivity contribution in [2.75, 3.05) is 18.0 Å². The Morgan fingerprint density at radius 3 is 2.59 bits per heavy atom. The average molecular weight is 233 g/mol. The van der Waals surface area contributed by atoms with Crippen LogP contribution < -0.4 is 10.6 Å². The third-order valence-corrected chi connectivity index (χ3v) is 2.58. The minimum atomic E-state index is -0.462. The Morgan fingerprint density at radius 2 is 2.12 bits per heavy atom. The fraction of sp³-hybridized carbons (Fsp3) is 0.455. The summed E-state index contributed by atoms with van der Waals surface area (Å²) in [7, 11) is 0. The minimum Gasteiger partial charge on any atom is -0.368 e. The summed E-state index contributed by atoms with van der Waals surface area (Å²) < 4.78 is 0. The number of carbonyl (C=O) groups is 1. The van der Waals surface area contributed by atoms with Gasteiger partial charge in [-0.3, -0.25) is 4.79 Å². The smallest absolute Gasteiger partial charge is 0.237 e. The standard InChI is InChI=1S/C11H15N5O/c1-4-16(6-10(13)17)11-9(5-12)7(2)8(3)14-15-11/h4,6H2,1-3H3,(H2,13,17). The summed E-state index contributed by atoms with van der Waals surface area (Å²) in [5.41, 5.74) is 7.09. The van der Waals surface area contributed by atoms with Crippen LogP contribution in [0.15, 0.2) is 0 Å². The molecular formula is C11H15N5O. The SMILES string of the molecule is CCN(CC(N)=O)c1nnc(C)c(C)c1C#N. The number of amides is 1. The molecule has 0 bridgehead atoms. The minimum absolute atomic E-state index is 0.0301. The molecule has 0 saturated heterocycles. The number of rotatable bonds is 4. The molecule has 0 atom stereocenters. The van der Waals surface area contributed by atoms with Crippen molar-refractivity contribution < 1.29 is 4.79 Å². The molecule has 0 unspecified atom stereocenters. The number of likely N-dealkylation sites (N-methyl/N-ethyl adjacent to an activating group) is 1. The molecule has 0 radical (unpaired) electrons. The lowest BCUT2D eigenvalue weighted by Gasteiger charge is -2.21. The number of hydrogen-bond acceptors (Lipinski definition) is 5. The van der Waals surface area contributed by atoms with E-state index in [0.717, 1.165) is 5.56 Å². The van der Waals surface area contributed by atoms with Gasteiger partial charge in [-0.15, -0.1) is 5.10 Å². The number of aryl methyl sites for hydroxylation is 1. The van der Waals surface area contributed by atoms with Gasteiger partial charge in [-0.25, -0.2) is 0 Å². The highest BCUT2D eigenvalue weighted by Crippen LogP contribution is 2.20. The van der Waals surface area contributed by atoms with Gasteiger partial charge in [0.25, 0.3) is 0 Å². The fourth-order valence-electron chi connectivity index (χ4n) is 1.48. The third-order valence-electron chi connectivity index (χ3n) is 2.58. The van der Waals surface area contributed by atoms with E-state index in [9.17, 15) is 4.79 Å². The maximum Gasteiger partial charge on any atom is 0.237 e. The summed E-state index contributed by atoms with van der Waals surface area (Å²) in [6.07, 6.45) is 0. The lowest BCUT2D eigenvalue weighted by atomic mass is 10.1. The van der Waals surface area contributed by atoms with Crippen LogP contribution in [0.2, 0.25) is 0 Å². The molecule has 1 heterocycles. The zero-order valence-electron chi connectivity index (χ0n) is 10.2. The fourth-order valence-corrected chi connectivity index (χ4v) is 1.48. The molecule has 17 heavy (non-hydrogen) atoms. The first-order valence-corrected chi connectivity index (χ1v) is 5.28. The van der Waals surface area contributed by atoms with Crippen molar-refractivity contribution >= 4 is 11.7 Å². The molecule has 1 aromatic rings. The van der Waals surface area contributed by atoms with Gasteiger partial charge in [-0.2, -0.15) is 10.4 Å². The Bertz CT molecular complexity index is 477. The topological polar surface area (TPSA) is 95.9 Å². The molecule has 6 nitrogen and oxygen atoms in total. The number of nitriles is 1. The van der Waals surface area contributed by atoms with E-state index < -0.39 is 5.91 Å². The highest BCUT2D eigenvalue weighted by molar-refractivity contribution is 5.79. The van der Waals surface area contributed by atoms with Crippen LogP contribution in [-0.2, 0) is 4.79 Å². The van der Waals surface area contributed by atoms with Gasteiger partial charge in [0.05, 0.1) is 12.2 Å². The number of hydrogen-bond donors (Lipinski definition) is 1. The Labute approximate surface area is 100 Å². The number of nitrogens with two attached hydrogens (primary N) is 1. The summed E-state index contributed by atoms with van der Waals surface area (Å²) in [6.45, 7) is 6.03. The van der Waals surface area contributed by atoms with Crippen LogP contribution in [0.4, 0.5) is 5.82 Å². The van der Waals surface area contributed by atoms with E-state index >= 15 is 0 Å². The summed E-state index contributed by atoms with van der Waals surface area (Å²) in [4.78, 5) is 12.6. The molecule has 0 aliphatic rings. The van der Waals surface area contributed by atoms with E-state index in [-0.39, 0.29) is 6.54 Å². The molecule has 1 aromatic heterocycles. The molecular weight excluding hydrogens is 218 g/mol. The van der Waals surface area contributed by atoms with E-state index in [0.29, 0.717) is 23.6 Å². The number of primary amides is 1. The van der Waals surface area contributed by atoms with Gasteiger partial charge in [-0.1, -0.05) is 0 Å². The van der Waals surface area contributed by atoms with E-state index in [4.69, 9.17) is 11.0 Å². The van der Waals surface area contributed by atoms with Crippen LogP contribution in [0.5, 0.6) is 0 Å². The Balaban J connectivity index is 3.25. The molecule has 0 aliphatic heterocycles. The van der Waals surface area contributed by atoms with E-state index in [1.807, 2.05) is 13.8 Å². The molecule has 1 amide bonds. The molecule has 2 N–H and O–H groups in total. The van der Waals surface area contributed by atoms with Crippen molar-refractivity contribution in [2.45, 2.75) is 20.8 Å². The summed E-state index contributed by atoms with van der Waals surface area (Å²) in [6, 6.07) is 2.10. The quantitative estimate of drug-likeness (QED) is 0.805.